The van der Waals surface area contributed by atoms with Gasteiger partial charge in [0.25, 0.3) is 0 Å². The number of carboxylic acids is 6. The Bertz CT molecular complexity index is 1140. The summed E-state index contributed by atoms with van der Waals surface area (Å²) in [6.07, 6.45) is 3.78. The highest BCUT2D eigenvalue weighted by Crippen LogP contribution is 2.31. The summed E-state index contributed by atoms with van der Waals surface area (Å²) < 4.78 is 19.7. The summed E-state index contributed by atoms with van der Waals surface area (Å²) in [5.41, 5.74) is 0. The predicted molar refractivity (Wildman–Crippen MR) is 218 cm³/mol. The van der Waals surface area contributed by atoms with E-state index in [-0.39, 0.29) is 55.4 Å². The third-order valence-electron chi connectivity index (χ3n) is 6.99. The van der Waals surface area contributed by atoms with Crippen LogP contribution in [0.2, 0.25) is 64.5 Å². The van der Waals surface area contributed by atoms with E-state index < -0.39 is 100 Å². The lowest BCUT2D eigenvalue weighted by Crippen LogP contribution is -2.57. The lowest BCUT2D eigenvalue weighted by atomic mass is 10.0. The average Bonchev–Trinajstić information content (AvgIpc) is 2.86. The van der Waals surface area contributed by atoms with Gasteiger partial charge in [-0.1, -0.05) is 54.7 Å². The molecule has 0 saturated carbocycles. The van der Waals surface area contributed by atoms with Crippen LogP contribution in [-0.4, -0.2) is 100 Å². The van der Waals surface area contributed by atoms with E-state index in [0.717, 1.165) is 0 Å². The zero-order valence-electron chi connectivity index (χ0n) is 30.3. The Morgan fingerprint density at radius 1 is 0.547 bits per heavy atom. The Morgan fingerprint density at radius 3 is 1.23 bits per heavy atom. The first kappa shape index (κ1) is 62.3. The quantitative estimate of drug-likeness (QED) is 0.0373. The number of carbonyl (C=O) groups is 6. The van der Waals surface area contributed by atoms with Gasteiger partial charge in [0.2, 0.25) is 0 Å². The summed E-state index contributed by atoms with van der Waals surface area (Å²) in [4.78, 5) is 65.6. The molecule has 4 atom stereocenters. The van der Waals surface area contributed by atoms with Gasteiger partial charge in [-0.25, -0.2) is 0 Å². The fourth-order valence-corrected chi connectivity index (χ4v) is 24.3. The molecule has 0 heterocycles. The van der Waals surface area contributed by atoms with Gasteiger partial charge in [0.15, 0.2) is 16.6 Å². The maximum atomic E-state index is 11.5. The molecular weight excluding hydrogens is 761 g/mol. The molecule has 6 N–H and O–H groups in total. The number of rotatable bonds is 25. The summed E-state index contributed by atoms with van der Waals surface area (Å²) in [6.45, 7) is 17.8. The normalized spacial score (nSPS) is 14.1. The van der Waals surface area contributed by atoms with Crippen molar-refractivity contribution < 1.29 is 71.8 Å². The number of allylic oxidation sites excluding steroid dienone is 2. The van der Waals surface area contributed by atoms with Crippen molar-refractivity contribution in [2.75, 3.05) is 0 Å². The second-order valence-corrected chi connectivity index (χ2v) is 30.5. The Balaban J connectivity index is -0.000000296. The van der Waals surface area contributed by atoms with E-state index >= 15 is 0 Å². The zero-order valence-corrected chi connectivity index (χ0v) is 34.3. The van der Waals surface area contributed by atoms with Crippen LogP contribution in [0.4, 0.5) is 0 Å². The Labute approximate surface area is 322 Å². The van der Waals surface area contributed by atoms with Gasteiger partial charge in [0, 0.05) is 0 Å². The first-order valence-corrected chi connectivity index (χ1v) is 28.1. The summed E-state index contributed by atoms with van der Waals surface area (Å²) in [5.74, 6) is -9.48. The molecule has 0 bridgehead atoms. The van der Waals surface area contributed by atoms with E-state index in [9.17, 15) is 39.0 Å². The minimum atomic E-state index is -2.92. The highest BCUT2D eigenvalue weighted by atomic mass is 28.5. The highest BCUT2D eigenvalue weighted by Gasteiger charge is 2.45. The summed E-state index contributed by atoms with van der Waals surface area (Å²) in [5, 5.41) is 53.6. The van der Waals surface area contributed by atoms with Crippen LogP contribution in [0, 0.1) is 17.8 Å². The van der Waals surface area contributed by atoms with Crippen LogP contribution in [0.25, 0.3) is 0 Å². The monoisotopic (exact) mass is 834 g/mol. The van der Waals surface area contributed by atoms with E-state index in [1.165, 1.54) is 0 Å². The molecule has 0 fully saturated rings. The smallest absolute Gasteiger partial charge is 0.315 e. The maximum absolute atomic E-state index is 11.5. The van der Waals surface area contributed by atoms with Crippen LogP contribution < -0.4 is 0 Å². The van der Waals surface area contributed by atoms with Gasteiger partial charge in [-0.05, 0) is 90.7 Å². The zero-order chi connectivity index (χ0) is 38.8. The molecule has 0 aromatic carbocycles. The van der Waals surface area contributed by atoms with Gasteiger partial charge in [0.05, 0.1) is 37.0 Å². The van der Waals surface area contributed by atoms with Crippen LogP contribution in [0.5, 0.6) is 0 Å². The van der Waals surface area contributed by atoms with Crippen molar-refractivity contribution in [1.29, 1.82) is 0 Å². The Kier molecular flexibility index (Phi) is 33.7. The molecule has 0 amide bonds. The largest absolute Gasteiger partial charge is 0.481 e. The lowest BCUT2D eigenvalue weighted by molar-refractivity contribution is -0.148. The van der Waals surface area contributed by atoms with Gasteiger partial charge >= 0.3 is 52.9 Å². The Morgan fingerprint density at radius 2 is 0.906 bits per heavy atom. The second-order valence-electron chi connectivity index (χ2n) is 14.2. The molecule has 0 aliphatic carbocycles. The molecular formula is C34H74O15Si4. The fourth-order valence-electron chi connectivity index (χ4n) is 5.31. The topological polar surface area (TPSA) is 251 Å². The SMILES string of the molecule is C.C.C.C.C/C=C\CC(CC(=O)O)C(=O)O.C[Si](C)(C)O[Si](C)(C)O[Si](C)(CCCC(CC(=O)O)C(=O)O)O[Si](C)(C)CCCC(CC(=O)O)C(=O)O. The van der Waals surface area contributed by atoms with E-state index in [4.69, 9.17) is 32.8 Å². The minimum Gasteiger partial charge on any atom is -0.481 e. The van der Waals surface area contributed by atoms with Crippen LogP contribution in [-0.2, 0) is 41.1 Å². The van der Waals surface area contributed by atoms with E-state index in [0.29, 0.717) is 24.9 Å². The van der Waals surface area contributed by atoms with E-state index in [1.807, 2.05) is 32.7 Å². The second kappa shape index (κ2) is 28.7. The first-order valence-electron chi connectivity index (χ1n) is 16.2. The van der Waals surface area contributed by atoms with Crippen molar-refractivity contribution in [2.24, 2.45) is 17.8 Å². The van der Waals surface area contributed by atoms with Crippen molar-refractivity contribution in [1.82, 2.24) is 0 Å². The lowest BCUT2D eigenvalue weighted by Gasteiger charge is -2.42. The molecule has 0 aliphatic rings. The van der Waals surface area contributed by atoms with Gasteiger partial charge < -0.3 is 43.0 Å². The Hall–Kier alpha value is -2.69. The third kappa shape index (κ3) is 33.6. The number of aliphatic carboxylic acids is 6. The number of carboxylic acid groups (broad SMARTS) is 6. The molecule has 4 unspecified atom stereocenters. The van der Waals surface area contributed by atoms with Gasteiger partial charge in [-0.2, -0.15) is 0 Å². The molecule has 0 saturated heterocycles. The molecule has 0 aromatic rings. The standard InChI is InChI=1S/C22H46O11Si4.C8H12O4.4CH4/c1-34(2,3)31-36(6,7)33-37(8,14-10-12-18(22(29)30)16-20(25)26)32-35(4,5)13-9-11-17(21(27)28)15-19(23)24;1-2-3-4-6(8(11)12)5-7(9)10;;;;/h17-18H,9-16H2,1-8H3,(H,23,24)(H,25,26)(H,27,28)(H,29,30);2-3,6H,4-5H2,1H3,(H,9,10)(H,11,12);4*1H4/b;3-2-;;;;. The molecule has 0 aromatic heterocycles. The number of hydrogen-bond acceptors (Lipinski definition) is 9. The molecule has 316 valence electrons. The van der Waals surface area contributed by atoms with Crippen LogP contribution in [0.15, 0.2) is 12.2 Å². The van der Waals surface area contributed by atoms with Gasteiger partial charge in [-0.15, -0.1) is 0 Å². The molecule has 0 spiro atoms. The highest BCUT2D eigenvalue weighted by molar-refractivity contribution is 6.89. The van der Waals surface area contributed by atoms with Gasteiger partial charge in [0.1, 0.15) is 0 Å². The van der Waals surface area contributed by atoms with Crippen LogP contribution >= 0.6 is 0 Å². The van der Waals surface area contributed by atoms with Crippen molar-refractivity contribution >= 4 is 69.6 Å². The first-order chi connectivity index (χ1) is 22.1. The van der Waals surface area contributed by atoms with E-state index in [1.54, 1.807) is 19.1 Å². The van der Waals surface area contributed by atoms with Crippen LogP contribution in [0.3, 0.4) is 0 Å². The van der Waals surface area contributed by atoms with Crippen LogP contribution in [0.1, 0.15) is 88.0 Å². The molecule has 15 nitrogen and oxygen atoms in total. The predicted octanol–water partition coefficient (Wildman–Crippen LogP) is 8.43. The molecule has 53 heavy (non-hydrogen) atoms. The molecule has 0 rings (SSSR count). The van der Waals surface area contributed by atoms with Crippen molar-refractivity contribution in [2.45, 2.75) is 152 Å². The maximum Gasteiger partial charge on any atom is 0.315 e. The molecule has 0 aliphatic heterocycles. The van der Waals surface area contributed by atoms with Gasteiger partial charge in [-0.3, -0.25) is 28.8 Å². The summed E-state index contributed by atoms with van der Waals surface area (Å²) in [6, 6.07) is 1.07. The molecule has 19 heteroatoms. The fraction of sp³-hybridized carbons (Fsp3) is 0.765. The number of hydrogen-bond donors (Lipinski definition) is 6. The summed E-state index contributed by atoms with van der Waals surface area (Å²) >= 11 is 0. The minimum absolute atomic E-state index is 0. The molecule has 0 radical (unpaired) electrons. The third-order valence-corrected chi connectivity index (χ3v) is 21.9. The van der Waals surface area contributed by atoms with E-state index in [2.05, 4.69) is 19.6 Å². The van der Waals surface area contributed by atoms with Crippen molar-refractivity contribution in [3.63, 3.8) is 0 Å². The van der Waals surface area contributed by atoms with Crippen molar-refractivity contribution in [3.8, 4) is 0 Å². The average molecular weight is 835 g/mol. The summed E-state index contributed by atoms with van der Waals surface area (Å²) in [7, 11) is -9.85. The van der Waals surface area contributed by atoms with Crippen molar-refractivity contribution in [3.05, 3.63) is 12.2 Å².